The normalized spacial score (nSPS) is 25.3. The number of benzene rings is 1. The minimum absolute atomic E-state index is 0.125. The summed E-state index contributed by atoms with van der Waals surface area (Å²) in [5.74, 6) is 1.30. The smallest absolute Gasteiger partial charge is 0.253 e. The molecular formula is C19H26N2O2. The molecule has 0 unspecified atom stereocenters. The molecule has 124 valence electrons. The molecule has 2 aliphatic heterocycles. The summed E-state index contributed by atoms with van der Waals surface area (Å²) in [6, 6.07) is 9.78. The van der Waals surface area contributed by atoms with Gasteiger partial charge in [-0.05, 0) is 50.7 Å². The Hall–Kier alpha value is -1.84. The molecule has 4 nitrogen and oxygen atoms in total. The van der Waals surface area contributed by atoms with Crippen LogP contribution in [-0.2, 0) is 4.79 Å². The molecule has 2 atom stereocenters. The molecule has 1 aromatic rings. The van der Waals surface area contributed by atoms with Crippen LogP contribution in [0.2, 0.25) is 0 Å². The lowest BCUT2D eigenvalue weighted by atomic mass is 9.82. The summed E-state index contributed by atoms with van der Waals surface area (Å²) in [4.78, 5) is 29.0. The highest BCUT2D eigenvalue weighted by Gasteiger charge is 2.36. The second-order valence-electron chi connectivity index (χ2n) is 7.10. The predicted molar refractivity (Wildman–Crippen MR) is 90.0 cm³/mol. The third kappa shape index (κ3) is 3.41. The number of nitrogens with zero attached hydrogens (tertiary/aromatic N) is 2. The number of hydrogen-bond donors (Lipinski definition) is 0. The Morgan fingerprint density at radius 2 is 1.78 bits per heavy atom. The lowest BCUT2D eigenvalue weighted by molar-refractivity contribution is -0.133. The number of fused-ring (bicyclic) bond motifs is 1. The van der Waals surface area contributed by atoms with Gasteiger partial charge in [0.2, 0.25) is 5.91 Å². The standard InChI is InChI=1S/C19H26N2O2/c1-14(2)21-11-9-17-13-20(10-8-16(17)12-18(21)22)19(23)15-6-4-3-5-7-15/h3-7,14,16-17H,8-13H2,1-2H3/t16-,17-/m0/s1. The molecule has 0 radical (unpaired) electrons. The van der Waals surface area contributed by atoms with E-state index in [1.807, 2.05) is 40.1 Å². The lowest BCUT2D eigenvalue weighted by Gasteiger charge is -2.37. The molecule has 0 bridgehead atoms. The molecule has 3 rings (SSSR count). The highest BCUT2D eigenvalue weighted by Crippen LogP contribution is 2.33. The van der Waals surface area contributed by atoms with E-state index in [9.17, 15) is 9.59 Å². The Morgan fingerprint density at radius 1 is 1.09 bits per heavy atom. The second kappa shape index (κ2) is 6.73. The molecule has 2 aliphatic rings. The number of carbonyl (C=O) groups excluding carboxylic acids is 2. The van der Waals surface area contributed by atoms with Crippen molar-refractivity contribution in [1.82, 2.24) is 9.80 Å². The average molecular weight is 314 g/mol. The van der Waals surface area contributed by atoms with E-state index in [4.69, 9.17) is 0 Å². The van der Waals surface area contributed by atoms with Gasteiger partial charge in [0.1, 0.15) is 0 Å². The van der Waals surface area contributed by atoms with E-state index in [0.29, 0.717) is 18.3 Å². The highest BCUT2D eigenvalue weighted by atomic mass is 16.2. The van der Waals surface area contributed by atoms with Crippen LogP contribution in [0.3, 0.4) is 0 Å². The Balaban J connectivity index is 1.68. The first kappa shape index (κ1) is 16.0. The number of carbonyl (C=O) groups is 2. The summed E-state index contributed by atoms with van der Waals surface area (Å²) in [6.07, 6.45) is 2.60. The molecule has 2 heterocycles. The number of hydrogen-bond acceptors (Lipinski definition) is 2. The second-order valence-corrected chi connectivity index (χ2v) is 7.10. The summed E-state index contributed by atoms with van der Waals surface area (Å²) in [6.45, 7) is 6.54. The van der Waals surface area contributed by atoms with E-state index < -0.39 is 0 Å². The van der Waals surface area contributed by atoms with E-state index >= 15 is 0 Å². The van der Waals surface area contributed by atoms with Gasteiger partial charge in [0.15, 0.2) is 0 Å². The zero-order valence-corrected chi connectivity index (χ0v) is 14.1. The topological polar surface area (TPSA) is 40.6 Å². The van der Waals surface area contributed by atoms with Gasteiger partial charge in [-0.1, -0.05) is 18.2 Å². The summed E-state index contributed by atoms with van der Waals surface area (Å²) < 4.78 is 0. The van der Waals surface area contributed by atoms with Crippen LogP contribution in [0, 0.1) is 11.8 Å². The fourth-order valence-electron chi connectivity index (χ4n) is 3.94. The van der Waals surface area contributed by atoms with E-state index in [0.717, 1.165) is 38.0 Å². The van der Waals surface area contributed by atoms with Crippen LogP contribution in [0.4, 0.5) is 0 Å². The summed E-state index contributed by atoms with van der Waals surface area (Å²) in [5, 5.41) is 0. The van der Waals surface area contributed by atoms with Crippen LogP contribution in [0.15, 0.2) is 30.3 Å². The van der Waals surface area contributed by atoms with Crippen molar-refractivity contribution >= 4 is 11.8 Å². The van der Waals surface area contributed by atoms with Gasteiger partial charge in [-0.15, -0.1) is 0 Å². The van der Waals surface area contributed by atoms with Crippen molar-refractivity contribution in [2.45, 2.75) is 39.2 Å². The first-order valence-corrected chi connectivity index (χ1v) is 8.70. The van der Waals surface area contributed by atoms with Crippen LogP contribution in [0.5, 0.6) is 0 Å². The largest absolute Gasteiger partial charge is 0.340 e. The molecule has 0 N–H and O–H groups in total. The fraction of sp³-hybridized carbons (Fsp3) is 0.579. The van der Waals surface area contributed by atoms with Crippen LogP contribution in [0.25, 0.3) is 0 Å². The zero-order chi connectivity index (χ0) is 16.4. The highest BCUT2D eigenvalue weighted by molar-refractivity contribution is 5.94. The average Bonchev–Trinajstić information content (AvgIpc) is 2.72. The van der Waals surface area contributed by atoms with E-state index in [1.54, 1.807) is 0 Å². The Morgan fingerprint density at radius 3 is 2.48 bits per heavy atom. The molecule has 0 aromatic heterocycles. The summed E-state index contributed by atoms with van der Waals surface area (Å²) in [7, 11) is 0. The zero-order valence-electron chi connectivity index (χ0n) is 14.1. The van der Waals surface area contributed by atoms with Gasteiger partial charge in [-0.2, -0.15) is 0 Å². The van der Waals surface area contributed by atoms with Crippen LogP contribution in [0.1, 0.15) is 43.5 Å². The molecule has 4 heteroatoms. The van der Waals surface area contributed by atoms with E-state index in [1.165, 1.54) is 0 Å². The van der Waals surface area contributed by atoms with Crippen molar-refractivity contribution in [3.05, 3.63) is 35.9 Å². The number of rotatable bonds is 2. The van der Waals surface area contributed by atoms with Crippen molar-refractivity contribution in [3.8, 4) is 0 Å². The van der Waals surface area contributed by atoms with Gasteiger partial charge < -0.3 is 9.80 Å². The molecule has 2 amide bonds. The molecule has 0 saturated carbocycles. The van der Waals surface area contributed by atoms with E-state index in [2.05, 4.69) is 13.8 Å². The Kier molecular flexibility index (Phi) is 4.69. The Bertz CT molecular complexity index is 570. The van der Waals surface area contributed by atoms with Crippen LogP contribution >= 0.6 is 0 Å². The lowest BCUT2D eigenvalue weighted by Crippen LogP contribution is -2.43. The summed E-state index contributed by atoms with van der Waals surface area (Å²) >= 11 is 0. The van der Waals surface area contributed by atoms with Crippen LogP contribution < -0.4 is 0 Å². The molecule has 0 spiro atoms. The minimum Gasteiger partial charge on any atom is -0.340 e. The maximum absolute atomic E-state index is 12.6. The molecule has 2 saturated heterocycles. The van der Waals surface area contributed by atoms with Crippen molar-refractivity contribution in [1.29, 1.82) is 0 Å². The fourth-order valence-corrected chi connectivity index (χ4v) is 3.94. The number of amides is 2. The van der Waals surface area contributed by atoms with E-state index in [-0.39, 0.29) is 17.9 Å². The summed E-state index contributed by atoms with van der Waals surface area (Å²) in [5.41, 5.74) is 0.763. The van der Waals surface area contributed by atoms with Crippen molar-refractivity contribution < 1.29 is 9.59 Å². The van der Waals surface area contributed by atoms with Crippen LogP contribution in [-0.4, -0.2) is 47.3 Å². The third-order valence-electron chi connectivity index (χ3n) is 5.32. The molecule has 1 aromatic carbocycles. The molecular weight excluding hydrogens is 288 g/mol. The SMILES string of the molecule is CC(C)N1CC[C@H]2CN(C(=O)c3ccccc3)CC[C@H]2CC1=O. The van der Waals surface area contributed by atoms with Gasteiger partial charge in [-0.3, -0.25) is 9.59 Å². The number of likely N-dealkylation sites (tertiary alicyclic amines) is 2. The van der Waals surface area contributed by atoms with Crippen molar-refractivity contribution in [3.63, 3.8) is 0 Å². The quantitative estimate of drug-likeness (QED) is 0.842. The predicted octanol–water partition coefficient (Wildman–Crippen LogP) is 2.80. The molecule has 2 fully saturated rings. The molecule has 23 heavy (non-hydrogen) atoms. The van der Waals surface area contributed by atoms with Gasteiger partial charge in [0.05, 0.1) is 0 Å². The maximum Gasteiger partial charge on any atom is 0.253 e. The van der Waals surface area contributed by atoms with Gasteiger partial charge in [0.25, 0.3) is 5.91 Å². The van der Waals surface area contributed by atoms with Gasteiger partial charge in [0, 0.05) is 37.7 Å². The third-order valence-corrected chi connectivity index (χ3v) is 5.32. The first-order chi connectivity index (χ1) is 11.1. The first-order valence-electron chi connectivity index (χ1n) is 8.70. The number of piperidine rings is 1. The minimum atomic E-state index is 0.125. The monoisotopic (exact) mass is 314 g/mol. The van der Waals surface area contributed by atoms with Gasteiger partial charge >= 0.3 is 0 Å². The molecule has 0 aliphatic carbocycles. The van der Waals surface area contributed by atoms with Gasteiger partial charge in [-0.25, -0.2) is 0 Å². The maximum atomic E-state index is 12.6. The Labute approximate surface area is 138 Å². The van der Waals surface area contributed by atoms with Crippen molar-refractivity contribution in [2.24, 2.45) is 11.8 Å². The van der Waals surface area contributed by atoms with Crippen molar-refractivity contribution in [2.75, 3.05) is 19.6 Å².